The Balaban J connectivity index is 0.000000638. The van der Waals surface area contributed by atoms with Gasteiger partial charge in [0.1, 0.15) is 5.82 Å². The topological polar surface area (TPSA) is 125 Å². The SMILES string of the molecule is Cc1nn(C)c(C)c1CCN(C)c1ccc(NC(=O)c2ccccc2F)cc1C(=O)O.O=C(O)C(F)(F)F. The standard InChI is InChI=1S/C23H25FN4O3.C2HF3O2/c1-14-17(15(2)28(4)26-14)11-12-27(3)21-10-9-16(13-19(21)23(30)31)25-22(29)18-7-5-6-8-20(18)24;3-2(4,5)1(6)7/h5-10,13H,11-12H2,1-4H3,(H,25,29)(H,30,31);(H,6,7). The first-order chi connectivity index (χ1) is 17.6. The van der Waals surface area contributed by atoms with E-state index in [0.717, 1.165) is 17.0 Å². The van der Waals surface area contributed by atoms with E-state index < -0.39 is 29.8 Å². The molecule has 1 amide bonds. The molecule has 0 aliphatic carbocycles. The summed E-state index contributed by atoms with van der Waals surface area (Å²) in [5.74, 6) is -5.15. The molecule has 1 aromatic heterocycles. The number of aryl methyl sites for hydroxylation is 2. The van der Waals surface area contributed by atoms with Gasteiger partial charge in [-0.3, -0.25) is 9.48 Å². The van der Waals surface area contributed by atoms with Crippen LogP contribution in [0.25, 0.3) is 0 Å². The highest BCUT2D eigenvalue weighted by Crippen LogP contribution is 2.25. The van der Waals surface area contributed by atoms with E-state index in [1.807, 2.05) is 37.5 Å². The number of anilines is 2. The number of carboxylic acid groups (broad SMARTS) is 2. The third-order valence-corrected chi connectivity index (χ3v) is 5.61. The smallest absolute Gasteiger partial charge is 0.478 e. The van der Waals surface area contributed by atoms with E-state index in [0.29, 0.717) is 18.7 Å². The maximum atomic E-state index is 13.8. The molecular weight excluding hydrogens is 512 g/mol. The average molecular weight is 538 g/mol. The maximum Gasteiger partial charge on any atom is 0.490 e. The van der Waals surface area contributed by atoms with Crippen molar-refractivity contribution in [3.63, 3.8) is 0 Å². The van der Waals surface area contributed by atoms with Gasteiger partial charge in [0, 0.05) is 32.0 Å². The predicted molar refractivity (Wildman–Crippen MR) is 131 cm³/mol. The molecule has 38 heavy (non-hydrogen) atoms. The third-order valence-electron chi connectivity index (χ3n) is 5.61. The zero-order valence-electron chi connectivity index (χ0n) is 20.9. The first-order valence-corrected chi connectivity index (χ1v) is 11.1. The lowest BCUT2D eigenvalue weighted by Gasteiger charge is -2.22. The van der Waals surface area contributed by atoms with Gasteiger partial charge in [-0.25, -0.2) is 14.0 Å². The normalized spacial score (nSPS) is 10.8. The largest absolute Gasteiger partial charge is 0.490 e. The number of hydrogen-bond donors (Lipinski definition) is 3. The quantitative estimate of drug-likeness (QED) is 0.380. The molecule has 0 bridgehead atoms. The van der Waals surface area contributed by atoms with Crippen LogP contribution in [0.5, 0.6) is 0 Å². The van der Waals surface area contributed by atoms with Gasteiger partial charge in [0.15, 0.2) is 0 Å². The van der Waals surface area contributed by atoms with E-state index in [1.54, 1.807) is 18.2 Å². The number of carboxylic acids is 2. The molecule has 3 aromatic rings. The van der Waals surface area contributed by atoms with Crippen LogP contribution in [0.15, 0.2) is 42.5 Å². The number of aromatic carboxylic acids is 1. The monoisotopic (exact) mass is 538 g/mol. The van der Waals surface area contributed by atoms with Crippen LogP contribution in [-0.2, 0) is 18.3 Å². The number of benzene rings is 2. The second-order valence-electron chi connectivity index (χ2n) is 8.22. The first kappa shape index (κ1) is 29.8. The van der Waals surface area contributed by atoms with Crippen LogP contribution in [0.1, 0.15) is 37.7 Å². The van der Waals surface area contributed by atoms with E-state index in [2.05, 4.69) is 10.4 Å². The minimum Gasteiger partial charge on any atom is -0.478 e. The number of aromatic nitrogens is 2. The van der Waals surface area contributed by atoms with Gasteiger partial charge in [-0.05, 0) is 56.2 Å². The molecule has 0 fully saturated rings. The van der Waals surface area contributed by atoms with Gasteiger partial charge in [0.05, 0.1) is 22.5 Å². The minimum absolute atomic E-state index is 0.0495. The Morgan fingerprint density at radius 2 is 1.66 bits per heavy atom. The highest BCUT2D eigenvalue weighted by atomic mass is 19.4. The van der Waals surface area contributed by atoms with Gasteiger partial charge in [-0.15, -0.1) is 0 Å². The summed E-state index contributed by atoms with van der Waals surface area (Å²) in [6, 6.07) is 10.3. The fourth-order valence-electron chi connectivity index (χ4n) is 3.54. The van der Waals surface area contributed by atoms with Crippen molar-refractivity contribution < 1.29 is 42.2 Å². The van der Waals surface area contributed by atoms with E-state index >= 15 is 0 Å². The number of nitrogens with zero attached hydrogens (tertiary/aromatic N) is 3. The number of likely N-dealkylation sites (N-methyl/N-ethyl adjacent to an activating group) is 1. The molecule has 13 heteroatoms. The number of carbonyl (C=O) groups excluding carboxylic acids is 1. The number of nitrogens with one attached hydrogen (secondary N) is 1. The van der Waals surface area contributed by atoms with E-state index in [4.69, 9.17) is 9.90 Å². The molecule has 3 N–H and O–H groups in total. The van der Waals surface area contributed by atoms with E-state index in [1.165, 1.54) is 24.3 Å². The van der Waals surface area contributed by atoms with E-state index in [-0.39, 0.29) is 16.8 Å². The van der Waals surface area contributed by atoms with Crippen molar-refractivity contribution in [1.29, 1.82) is 0 Å². The van der Waals surface area contributed by atoms with Gasteiger partial charge >= 0.3 is 18.1 Å². The van der Waals surface area contributed by atoms with Crippen LogP contribution in [0.3, 0.4) is 0 Å². The van der Waals surface area contributed by atoms with Crippen molar-refractivity contribution in [2.24, 2.45) is 7.05 Å². The van der Waals surface area contributed by atoms with Gasteiger partial charge < -0.3 is 20.4 Å². The number of alkyl halides is 3. The van der Waals surface area contributed by atoms with Crippen LogP contribution >= 0.6 is 0 Å². The van der Waals surface area contributed by atoms with Crippen molar-refractivity contribution >= 4 is 29.2 Å². The van der Waals surface area contributed by atoms with Crippen LogP contribution in [0, 0.1) is 19.7 Å². The highest BCUT2D eigenvalue weighted by molar-refractivity contribution is 6.05. The highest BCUT2D eigenvalue weighted by Gasteiger charge is 2.38. The minimum atomic E-state index is -5.08. The van der Waals surface area contributed by atoms with Crippen molar-refractivity contribution in [1.82, 2.24) is 9.78 Å². The lowest BCUT2D eigenvalue weighted by molar-refractivity contribution is -0.192. The van der Waals surface area contributed by atoms with Crippen molar-refractivity contribution in [2.45, 2.75) is 26.4 Å². The summed E-state index contributed by atoms with van der Waals surface area (Å²) in [6.07, 6.45) is -4.37. The van der Waals surface area contributed by atoms with Gasteiger partial charge in [0.25, 0.3) is 5.91 Å². The Morgan fingerprint density at radius 3 is 2.16 bits per heavy atom. The molecule has 0 aliphatic heterocycles. The summed E-state index contributed by atoms with van der Waals surface area (Å²) >= 11 is 0. The summed E-state index contributed by atoms with van der Waals surface area (Å²) < 4.78 is 47.4. The van der Waals surface area contributed by atoms with Crippen LogP contribution < -0.4 is 10.2 Å². The molecule has 0 saturated carbocycles. The average Bonchev–Trinajstić information content (AvgIpc) is 3.07. The third kappa shape index (κ3) is 7.54. The molecule has 0 spiro atoms. The lowest BCUT2D eigenvalue weighted by atomic mass is 10.1. The Hall–Kier alpha value is -4.42. The molecule has 9 nitrogen and oxygen atoms in total. The summed E-state index contributed by atoms with van der Waals surface area (Å²) in [6.45, 7) is 4.55. The summed E-state index contributed by atoms with van der Waals surface area (Å²) in [4.78, 5) is 35.0. The van der Waals surface area contributed by atoms with Crippen LogP contribution in [0.4, 0.5) is 28.9 Å². The zero-order valence-corrected chi connectivity index (χ0v) is 20.9. The maximum absolute atomic E-state index is 13.8. The second-order valence-corrected chi connectivity index (χ2v) is 8.22. The predicted octanol–water partition coefficient (Wildman–Crippen LogP) is 4.44. The molecule has 0 aliphatic rings. The summed E-state index contributed by atoms with van der Waals surface area (Å²) in [5.41, 5.74) is 3.92. The van der Waals surface area contributed by atoms with Gasteiger partial charge in [0.2, 0.25) is 0 Å². The molecular formula is C25H26F4N4O5. The molecule has 2 aromatic carbocycles. The number of amides is 1. The van der Waals surface area contributed by atoms with E-state index in [9.17, 15) is 32.3 Å². The molecule has 204 valence electrons. The number of halogens is 4. The molecule has 0 atom stereocenters. The number of carbonyl (C=O) groups is 3. The molecule has 0 radical (unpaired) electrons. The Morgan fingerprint density at radius 1 is 1.05 bits per heavy atom. The summed E-state index contributed by atoms with van der Waals surface area (Å²) in [7, 11) is 3.72. The molecule has 0 unspecified atom stereocenters. The number of rotatable bonds is 7. The van der Waals surface area contributed by atoms with Crippen LogP contribution in [0.2, 0.25) is 0 Å². The molecule has 3 rings (SSSR count). The summed E-state index contributed by atoms with van der Waals surface area (Å²) in [5, 5.41) is 23.8. The van der Waals surface area contributed by atoms with Crippen molar-refractivity contribution in [3.8, 4) is 0 Å². The number of aliphatic carboxylic acids is 1. The number of hydrogen-bond acceptors (Lipinski definition) is 5. The van der Waals surface area contributed by atoms with Crippen molar-refractivity contribution in [3.05, 3.63) is 76.4 Å². The Bertz CT molecular complexity index is 1340. The van der Waals surface area contributed by atoms with Gasteiger partial charge in [-0.1, -0.05) is 12.1 Å². The Kier molecular flexibility index (Phi) is 9.58. The fourth-order valence-corrected chi connectivity index (χ4v) is 3.54. The van der Waals surface area contributed by atoms with Crippen molar-refractivity contribution in [2.75, 3.05) is 23.8 Å². The Labute approximate surface area is 215 Å². The second kappa shape index (κ2) is 12.2. The zero-order chi connectivity index (χ0) is 28.8. The first-order valence-electron chi connectivity index (χ1n) is 11.1. The lowest BCUT2D eigenvalue weighted by Crippen LogP contribution is -2.23. The fraction of sp³-hybridized carbons (Fsp3) is 0.280. The molecule has 1 heterocycles. The molecule has 0 saturated heterocycles. The van der Waals surface area contributed by atoms with Crippen LogP contribution in [-0.4, -0.2) is 57.6 Å². The van der Waals surface area contributed by atoms with Gasteiger partial charge in [-0.2, -0.15) is 18.3 Å².